The topological polar surface area (TPSA) is 57.5 Å². The van der Waals surface area contributed by atoms with Gasteiger partial charge in [0.2, 0.25) is 0 Å². The molecule has 0 aromatic rings. The van der Waals surface area contributed by atoms with E-state index in [1.807, 2.05) is 0 Å². The fraction of sp³-hybridized carbons (Fsp3) is 0. The first-order valence-electron chi connectivity index (χ1n) is 0.651. The van der Waals surface area contributed by atoms with Gasteiger partial charge in [-0.05, 0) is 0 Å². The molecule has 6 heavy (non-hydrogen) atoms. The number of rotatable bonds is 0. The van der Waals surface area contributed by atoms with Gasteiger partial charge in [-0.25, -0.2) is 4.79 Å². The van der Waals surface area contributed by atoms with E-state index in [9.17, 15) is 0 Å². The van der Waals surface area contributed by atoms with Crippen molar-refractivity contribution in [2.45, 2.75) is 0 Å². The fourth-order valence-electron chi connectivity index (χ4n) is 0. The molecule has 0 bridgehead atoms. The monoisotopic (exact) mass is 232 g/mol. The van der Waals surface area contributed by atoms with Gasteiger partial charge < -0.3 is 10.2 Å². The van der Waals surface area contributed by atoms with E-state index in [0.29, 0.717) is 0 Å². The second kappa shape index (κ2) is 9.62. The molecule has 34 valence electrons. The van der Waals surface area contributed by atoms with E-state index in [4.69, 9.17) is 15.0 Å². The molecule has 0 atom stereocenters. The molecule has 0 aliphatic heterocycles. The summed E-state index contributed by atoms with van der Waals surface area (Å²) in [6.07, 6.45) is -1.83. The summed E-state index contributed by atoms with van der Waals surface area (Å²) in [6.45, 7) is 0. The number of hydrogen-bond donors (Lipinski definition) is 2. The van der Waals surface area contributed by atoms with Crippen LogP contribution < -0.4 is 0 Å². The summed E-state index contributed by atoms with van der Waals surface area (Å²) in [5, 5.41) is 13.9. The normalized spacial score (nSPS) is 4.00. The molecule has 0 aliphatic rings. The van der Waals surface area contributed by atoms with E-state index in [-0.39, 0.29) is 66.2 Å². The summed E-state index contributed by atoms with van der Waals surface area (Å²) >= 11 is 0. The van der Waals surface area contributed by atoms with Gasteiger partial charge >= 0.3 is 55.0 Å². The van der Waals surface area contributed by atoms with Crippen molar-refractivity contribution < 1.29 is 15.0 Å². The van der Waals surface area contributed by atoms with E-state index in [1.165, 1.54) is 0 Å². The van der Waals surface area contributed by atoms with Gasteiger partial charge in [-0.15, -0.1) is 0 Å². The third-order valence-corrected chi connectivity index (χ3v) is 0. The van der Waals surface area contributed by atoms with Gasteiger partial charge in [0.15, 0.2) is 17.4 Å². The van der Waals surface area contributed by atoms with E-state index < -0.39 is 6.16 Å². The van der Waals surface area contributed by atoms with Crippen LogP contribution in [0.5, 0.6) is 0 Å². The molecule has 0 aromatic heterocycles. The van der Waals surface area contributed by atoms with Gasteiger partial charge in [0.25, 0.3) is 0 Å². The molecule has 2 N–H and O–H groups in total. The molecule has 0 unspecified atom stereocenters. The summed E-state index contributed by atoms with van der Waals surface area (Å²) in [5.41, 5.74) is 0. The molecular weight excluding hydrogens is 224 g/mol. The van der Waals surface area contributed by atoms with Gasteiger partial charge in [0.1, 0.15) is 0 Å². The first-order valence-corrected chi connectivity index (χ1v) is 0.651. The minimum absolute atomic E-state index is 0. The van der Waals surface area contributed by atoms with Crippen molar-refractivity contribution in [3.8, 4) is 0 Å². The summed E-state index contributed by atoms with van der Waals surface area (Å²) < 4.78 is 0. The summed E-state index contributed by atoms with van der Waals surface area (Å²) in [4.78, 5) is 8.56. The van der Waals surface area contributed by atoms with Crippen LogP contribution >= 0.6 is 0 Å². The van der Waals surface area contributed by atoms with Crippen molar-refractivity contribution in [3.05, 3.63) is 0 Å². The van der Waals surface area contributed by atoms with Crippen molar-refractivity contribution in [3.63, 3.8) is 0 Å². The Balaban J connectivity index is -0.0000000450. The van der Waals surface area contributed by atoms with Crippen molar-refractivity contribution >= 4 is 72.4 Å². The van der Waals surface area contributed by atoms with Crippen molar-refractivity contribution in [1.29, 1.82) is 0 Å². The van der Waals surface area contributed by atoms with Crippen LogP contribution in [0.2, 0.25) is 0 Å². The minimum atomic E-state index is -1.83. The molecule has 0 amide bonds. The molecule has 0 rings (SSSR count). The Labute approximate surface area is 85.9 Å². The predicted octanol–water partition coefficient (Wildman–Crippen LogP) is -1.88. The molecule has 0 saturated heterocycles. The quantitative estimate of drug-likeness (QED) is 0.480. The van der Waals surface area contributed by atoms with Gasteiger partial charge in [-0.3, -0.25) is 0 Å². The molecular formula is CH7AlBaO3. The summed E-state index contributed by atoms with van der Waals surface area (Å²) in [5.74, 6) is 0. The average Bonchev–Trinajstić information content (AvgIpc) is 0.811. The Morgan fingerprint density at radius 3 is 1.33 bits per heavy atom. The van der Waals surface area contributed by atoms with Crippen LogP contribution in [0.15, 0.2) is 0 Å². The molecule has 0 fully saturated rings. The molecule has 5 heteroatoms. The predicted molar refractivity (Wildman–Crippen MR) is 29.1 cm³/mol. The van der Waals surface area contributed by atoms with Crippen LogP contribution in [0.25, 0.3) is 0 Å². The molecule has 3 nitrogen and oxygen atoms in total. The SMILES string of the molecule is O=C(O)O.[AlH3].[BaH2]. The number of carboxylic acid groups (broad SMARTS) is 2. The molecule has 0 radical (unpaired) electrons. The van der Waals surface area contributed by atoms with Crippen LogP contribution in [0, 0.1) is 0 Å². The van der Waals surface area contributed by atoms with Crippen LogP contribution in [0.1, 0.15) is 0 Å². The second-order valence-electron chi connectivity index (χ2n) is 0.283. The first-order chi connectivity index (χ1) is 1.73. The van der Waals surface area contributed by atoms with Crippen molar-refractivity contribution in [1.82, 2.24) is 0 Å². The van der Waals surface area contributed by atoms with Gasteiger partial charge in [-0.2, -0.15) is 0 Å². The zero-order valence-corrected chi connectivity index (χ0v) is 1.80. The van der Waals surface area contributed by atoms with Gasteiger partial charge in [-0.1, -0.05) is 0 Å². The van der Waals surface area contributed by atoms with E-state index in [1.54, 1.807) is 0 Å². The third kappa shape index (κ3) is 54.5. The van der Waals surface area contributed by atoms with Crippen LogP contribution in [0.4, 0.5) is 4.79 Å². The second-order valence-corrected chi connectivity index (χ2v) is 0.283. The standard InChI is InChI=1S/CH2O3.Al.Ba.5H/c2-1(3)4;;;;;;;/h(H2,2,3,4);;;;;;;. The van der Waals surface area contributed by atoms with Gasteiger partial charge in [0, 0.05) is 0 Å². The zero-order chi connectivity index (χ0) is 3.58. The van der Waals surface area contributed by atoms with Crippen molar-refractivity contribution in [2.75, 3.05) is 0 Å². The number of carbonyl (C=O) groups is 1. The summed E-state index contributed by atoms with van der Waals surface area (Å²) in [6, 6.07) is 0. The van der Waals surface area contributed by atoms with E-state index in [2.05, 4.69) is 0 Å². The Bertz CT molecular complexity index is 33.8. The molecule has 0 aliphatic carbocycles. The third-order valence-electron chi connectivity index (χ3n) is 0. The average molecular weight is 231 g/mol. The Hall–Kier alpha value is 1.37. The van der Waals surface area contributed by atoms with E-state index in [0.717, 1.165) is 0 Å². The molecule has 0 spiro atoms. The van der Waals surface area contributed by atoms with Gasteiger partial charge in [0.05, 0.1) is 0 Å². The van der Waals surface area contributed by atoms with Crippen LogP contribution in [0.3, 0.4) is 0 Å². The fourth-order valence-corrected chi connectivity index (χ4v) is 0. The Morgan fingerprint density at radius 1 is 1.33 bits per heavy atom. The van der Waals surface area contributed by atoms with Crippen LogP contribution in [-0.2, 0) is 0 Å². The molecule has 0 aromatic carbocycles. The Kier molecular flexibility index (Phi) is 25.1. The first kappa shape index (κ1) is 15.7. The van der Waals surface area contributed by atoms with E-state index >= 15 is 0 Å². The maximum absolute atomic E-state index is 8.56. The number of hydrogen-bond acceptors (Lipinski definition) is 1. The van der Waals surface area contributed by atoms with Crippen molar-refractivity contribution in [2.24, 2.45) is 0 Å². The Morgan fingerprint density at radius 2 is 1.33 bits per heavy atom. The molecule has 0 heterocycles. The molecule has 0 saturated carbocycles. The zero-order valence-electron chi connectivity index (χ0n) is 1.80. The maximum atomic E-state index is 8.56. The summed E-state index contributed by atoms with van der Waals surface area (Å²) in [7, 11) is 0. The van der Waals surface area contributed by atoms with Crippen LogP contribution in [-0.4, -0.2) is 82.6 Å².